The number of thiazole rings is 1. The molecule has 0 fully saturated rings. The highest BCUT2D eigenvalue weighted by Crippen LogP contribution is 2.28. The third-order valence-corrected chi connectivity index (χ3v) is 3.82. The average Bonchev–Trinajstić information content (AvgIpc) is 2.95. The molecule has 0 unspecified atom stereocenters. The predicted molar refractivity (Wildman–Crippen MR) is 91.4 cm³/mol. The molecular formula is C16H20FN3O2S. The normalized spacial score (nSPS) is 10.6. The van der Waals surface area contributed by atoms with Gasteiger partial charge in [-0.25, -0.2) is 9.37 Å². The molecule has 1 aromatic heterocycles. The summed E-state index contributed by atoms with van der Waals surface area (Å²) >= 11 is 1.43. The molecule has 0 radical (unpaired) electrons. The van der Waals surface area contributed by atoms with Gasteiger partial charge in [-0.1, -0.05) is 0 Å². The van der Waals surface area contributed by atoms with Crippen LogP contribution in [-0.2, 0) is 9.53 Å². The number of aromatic nitrogens is 1. The zero-order valence-corrected chi connectivity index (χ0v) is 14.0. The zero-order valence-electron chi connectivity index (χ0n) is 13.2. The van der Waals surface area contributed by atoms with Crippen LogP contribution in [0.4, 0.5) is 15.2 Å². The highest BCUT2D eigenvalue weighted by molar-refractivity contribution is 7.14. The van der Waals surface area contributed by atoms with Gasteiger partial charge in [-0.3, -0.25) is 4.79 Å². The van der Waals surface area contributed by atoms with Gasteiger partial charge in [0.2, 0.25) is 5.91 Å². The third-order valence-electron chi connectivity index (χ3n) is 3.02. The van der Waals surface area contributed by atoms with Gasteiger partial charge in [0.05, 0.1) is 5.69 Å². The molecule has 5 nitrogen and oxygen atoms in total. The molecule has 0 bridgehead atoms. The zero-order chi connectivity index (χ0) is 16.7. The van der Waals surface area contributed by atoms with E-state index in [2.05, 4.69) is 15.6 Å². The smallest absolute Gasteiger partial charge is 0.221 e. The van der Waals surface area contributed by atoms with Crippen LogP contribution in [0.15, 0.2) is 23.6 Å². The molecule has 0 aliphatic rings. The summed E-state index contributed by atoms with van der Waals surface area (Å²) in [6, 6.07) is 4.58. The van der Waals surface area contributed by atoms with Crippen molar-refractivity contribution < 1.29 is 13.9 Å². The Morgan fingerprint density at radius 2 is 2.26 bits per heavy atom. The van der Waals surface area contributed by atoms with E-state index in [1.807, 2.05) is 6.92 Å². The monoisotopic (exact) mass is 337 g/mol. The lowest BCUT2D eigenvalue weighted by Crippen LogP contribution is -2.06. The standard InChI is InChI=1S/C16H20FN3O2S/c1-3-22-8-4-7-18-16-20-15(10-23-16)13-6-5-12(9-14(13)17)19-11(2)21/h5-6,9-10H,3-4,7-8H2,1-2H3,(H,18,20)(H,19,21). The van der Waals surface area contributed by atoms with E-state index in [0.717, 1.165) is 24.7 Å². The number of nitrogens with one attached hydrogen (secondary N) is 2. The molecule has 2 aromatic rings. The molecule has 1 amide bonds. The second-order valence-electron chi connectivity index (χ2n) is 4.89. The first-order valence-electron chi connectivity index (χ1n) is 7.44. The van der Waals surface area contributed by atoms with Crippen molar-refractivity contribution in [1.29, 1.82) is 0 Å². The van der Waals surface area contributed by atoms with Crippen LogP contribution in [0.2, 0.25) is 0 Å². The number of anilines is 2. The minimum absolute atomic E-state index is 0.232. The van der Waals surface area contributed by atoms with Crippen LogP contribution in [0.25, 0.3) is 11.3 Å². The van der Waals surface area contributed by atoms with Crippen molar-refractivity contribution in [2.75, 3.05) is 30.4 Å². The maximum Gasteiger partial charge on any atom is 0.221 e. The van der Waals surface area contributed by atoms with Crippen LogP contribution in [0.3, 0.4) is 0 Å². The van der Waals surface area contributed by atoms with Gasteiger partial charge >= 0.3 is 0 Å². The maximum atomic E-state index is 14.2. The molecule has 23 heavy (non-hydrogen) atoms. The fraction of sp³-hybridized carbons (Fsp3) is 0.375. The number of ether oxygens (including phenoxy) is 1. The molecule has 7 heteroatoms. The van der Waals surface area contributed by atoms with Crippen molar-refractivity contribution in [3.05, 3.63) is 29.4 Å². The first-order chi connectivity index (χ1) is 11.1. The van der Waals surface area contributed by atoms with E-state index in [1.54, 1.807) is 17.5 Å². The van der Waals surface area contributed by atoms with Crippen LogP contribution in [0, 0.1) is 5.82 Å². The molecule has 0 aliphatic heterocycles. The molecule has 2 N–H and O–H groups in total. The average molecular weight is 337 g/mol. The van der Waals surface area contributed by atoms with Crippen molar-refractivity contribution in [3.8, 4) is 11.3 Å². The molecule has 2 rings (SSSR count). The maximum absolute atomic E-state index is 14.2. The number of hydrogen-bond donors (Lipinski definition) is 2. The SMILES string of the molecule is CCOCCCNc1nc(-c2ccc(NC(C)=O)cc2F)cs1. The van der Waals surface area contributed by atoms with E-state index in [4.69, 9.17) is 4.74 Å². The number of halogens is 1. The van der Waals surface area contributed by atoms with Gasteiger partial charge in [0.15, 0.2) is 5.13 Å². The summed E-state index contributed by atoms with van der Waals surface area (Å²) < 4.78 is 19.4. The van der Waals surface area contributed by atoms with E-state index < -0.39 is 5.82 Å². The Bertz CT molecular complexity index is 661. The fourth-order valence-electron chi connectivity index (χ4n) is 2.00. The molecule has 0 saturated heterocycles. The fourth-order valence-corrected chi connectivity index (χ4v) is 2.74. The number of hydrogen-bond acceptors (Lipinski definition) is 5. The van der Waals surface area contributed by atoms with Crippen molar-refractivity contribution in [2.45, 2.75) is 20.3 Å². The first-order valence-corrected chi connectivity index (χ1v) is 8.32. The number of benzene rings is 1. The summed E-state index contributed by atoms with van der Waals surface area (Å²) in [7, 11) is 0. The Labute approximate surface area is 138 Å². The van der Waals surface area contributed by atoms with Crippen LogP contribution in [-0.4, -0.2) is 30.6 Å². The molecule has 1 aromatic carbocycles. The highest BCUT2D eigenvalue weighted by Gasteiger charge is 2.10. The lowest BCUT2D eigenvalue weighted by atomic mass is 10.1. The van der Waals surface area contributed by atoms with E-state index >= 15 is 0 Å². The Kier molecular flexibility index (Phi) is 6.49. The number of amides is 1. The Morgan fingerprint density at radius 1 is 1.43 bits per heavy atom. The Morgan fingerprint density at radius 3 is 2.96 bits per heavy atom. The number of nitrogens with zero attached hydrogens (tertiary/aromatic N) is 1. The van der Waals surface area contributed by atoms with Gasteiger partial charge in [-0.2, -0.15) is 0 Å². The Hall–Kier alpha value is -1.99. The molecule has 0 aliphatic carbocycles. The minimum Gasteiger partial charge on any atom is -0.382 e. The van der Waals surface area contributed by atoms with Gasteiger partial charge in [0, 0.05) is 43.3 Å². The predicted octanol–water partition coefficient (Wildman–Crippen LogP) is 3.75. The van der Waals surface area contributed by atoms with Gasteiger partial charge in [-0.15, -0.1) is 11.3 Å². The van der Waals surface area contributed by atoms with Crippen LogP contribution in [0.1, 0.15) is 20.3 Å². The van der Waals surface area contributed by atoms with Gasteiger partial charge in [0.25, 0.3) is 0 Å². The van der Waals surface area contributed by atoms with Crippen LogP contribution < -0.4 is 10.6 Å². The number of carbonyl (C=O) groups is 1. The largest absolute Gasteiger partial charge is 0.382 e. The quantitative estimate of drug-likeness (QED) is 0.720. The molecule has 0 atom stereocenters. The number of rotatable bonds is 8. The van der Waals surface area contributed by atoms with E-state index in [9.17, 15) is 9.18 Å². The van der Waals surface area contributed by atoms with Crippen molar-refractivity contribution >= 4 is 28.1 Å². The van der Waals surface area contributed by atoms with Crippen LogP contribution >= 0.6 is 11.3 Å². The summed E-state index contributed by atoms with van der Waals surface area (Å²) in [5, 5.41) is 8.31. The number of carbonyl (C=O) groups excluding carboxylic acids is 1. The van der Waals surface area contributed by atoms with Crippen LogP contribution in [0.5, 0.6) is 0 Å². The molecule has 1 heterocycles. The molecule has 0 spiro atoms. The van der Waals surface area contributed by atoms with Gasteiger partial charge < -0.3 is 15.4 Å². The van der Waals surface area contributed by atoms with Crippen molar-refractivity contribution in [2.24, 2.45) is 0 Å². The lowest BCUT2D eigenvalue weighted by Gasteiger charge is -2.05. The van der Waals surface area contributed by atoms with Gasteiger partial charge in [0.1, 0.15) is 5.82 Å². The van der Waals surface area contributed by atoms with E-state index in [0.29, 0.717) is 23.6 Å². The summed E-state index contributed by atoms with van der Waals surface area (Å²) in [6.07, 6.45) is 0.891. The summed E-state index contributed by atoms with van der Waals surface area (Å²) in [5.41, 5.74) is 1.43. The van der Waals surface area contributed by atoms with Gasteiger partial charge in [-0.05, 0) is 31.5 Å². The molecule has 0 saturated carbocycles. The second-order valence-corrected chi connectivity index (χ2v) is 5.75. The second kappa shape index (κ2) is 8.59. The molecular weight excluding hydrogens is 317 g/mol. The van der Waals surface area contributed by atoms with E-state index in [-0.39, 0.29) is 5.91 Å². The van der Waals surface area contributed by atoms with Crippen molar-refractivity contribution in [1.82, 2.24) is 4.98 Å². The van der Waals surface area contributed by atoms with E-state index in [1.165, 1.54) is 24.3 Å². The minimum atomic E-state index is -0.413. The topological polar surface area (TPSA) is 63.2 Å². The highest BCUT2D eigenvalue weighted by atomic mass is 32.1. The summed E-state index contributed by atoms with van der Waals surface area (Å²) in [4.78, 5) is 15.4. The molecule has 124 valence electrons. The summed E-state index contributed by atoms with van der Waals surface area (Å²) in [5.74, 6) is -0.645. The van der Waals surface area contributed by atoms with Crippen molar-refractivity contribution in [3.63, 3.8) is 0 Å². The lowest BCUT2D eigenvalue weighted by molar-refractivity contribution is -0.114. The third kappa shape index (κ3) is 5.30. The summed E-state index contributed by atoms with van der Waals surface area (Å²) in [6.45, 7) is 5.54. The first kappa shape index (κ1) is 17.4. The Balaban J connectivity index is 1.98.